The van der Waals surface area contributed by atoms with Crippen LogP contribution in [0.25, 0.3) is 0 Å². The number of ether oxygens (including phenoxy) is 2. The first-order valence-corrected chi connectivity index (χ1v) is 7.42. The minimum Gasteiger partial charge on any atom is -0.462 e. The molecule has 0 heterocycles. The van der Waals surface area contributed by atoms with Gasteiger partial charge in [0.2, 0.25) is 0 Å². The fourth-order valence-electron chi connectivity index (χ4n) is 1.06. The smallest absolute Gasteiger partial charge is 0.333 e. The second kappa shape index (κ2) is 17.4. The van der Waals surface area contributed by atoms with Gasteiger partial charge in [-0.25, -0.2) is 9.59 Å². The highest BCUT2D eigenvalue weighted by atomic mass is 16.5. The summed E-state index contributed by atoms with van der Waals surface area (Å²) in [5, 5.41) is 11.4. The lowest BCUT2D eigenvalue weighted by atomic mass is 10.3. The summed E-state index contributed by atoms with van der Waals surface area (Å²) in [6.45, 7) is 12.9. The number of carbonyl (C=O) groups excluding carboxylic acids is 2. The second-order valence-electron chi connectivity index (χ2n) is 4.47. The van der Waals surface area contributed by atoms with E-state index in [2.05, 4.69) is 30.1 Å². The van der Waals surface area contributed by atoms with Crippen molar-refractivity contribution in [1.29, 1.82) is 0 Å². The van der Waals surface area contributed by atoms with E-state index >= 15 is 0 Å². The van der Waals surface area contributed by atoms with Crippen LogP contribution in [0.1, 0.15) is 33.1 Å². The van der Waals surface area contributed by atoms with Crippen molar-refractivity contribution >= 4 is 11.9 Å². The summed E-state index contributed by atoms with van der Waals surface area (Å²) >= 11 is 0. The van der Waals surface area contributed by atoms with Crippen LogP contribution < -0.4 is 5.32 Å². The van der Waals surface area contributed by atoms with Gasteiger partial charge in [0.15, 0.2) is 0 Å². The zero-order valence-corrected chi connectivity index (χ0v) is 13.7. The molecule has 2 N–H and O–H groups in total. The molecule has 22 heavy (non-hydrogen) atoms. The minimum absolute atomic E-state index is 0.0461. The zero-order valence-electron chi connectivity index (χ0n) is 13.7. The highest BCUT2D eigenvalue weighted by Crippen LogP contribution is 1.90. The lowest BCUT2D eigenvalue weighted by Crippen LogP contribution is -2.22. The third kappa shape index (κ3) is 18.3. The summed E-state index contributed by atoms with van der Waals surface area (Å²) in [6, 6.07) is 0. The molecule has 0 atom stereocenters. The molecule has 0 fully saturated rings. The Labute approximate surface area is 133 Å². The number of aliphatic hydroxyl groups is 1. The molecule has 0 rings (SSSR count). The van der Waals surface area contributed by atoms with E-state index in [0.29, 0.717) is 18.6 Å². The summed E-state index contributed by atoms with van der Waals surface area (Å²) < 4.78 is 9.40. The summed E-state index contributed by atoms with van der Waals surface area (Å²) in [7, 11) is 0. The molecule has 0 bridgehead atoms. The Morgan fingerprint density at radius 3 is 2.36 bits per heavy atom. The van der Waals surface area contributed by atoms with Crippen molar-refractivity contribution in [3.05, 3.63) is 24.8 Å². The maximum absolute atomic E-state index is 10.9. The molecule has 6 heteroatoms. The molecule has 0 aromatic rings. The van der Waals surface area contributed by atoms with Gasteiger partial charge in [0.05, 0.1) is 6.61 Å². The monoisotopic (exact) mass is 315 g/mol. The molecule has 0 saturated carbocycles. The van der Waals surface area contributed by atoms with Crippen LogP contribution in [0.5, 0.6) is 0 Å². The molecule has 6 nitrogen and oxygen atoms in total. The van der Waals surface area contributed by atoms with Crippen molar-refractivity contribution in [2.75, 3.05) is 32.9 Å². The molecule has 0 aliphatic heterocycles. The highest BCUT2D eigenvalue weighted by molar-refractivity contribution is 5.86. The van der Waals surface area contributed by atoms with E-state index in [1.165, 1.54) is 6.42 Å². The van der Waals surface area contributed by atoms with Gasteiger partial charge in [0.1, 0.15) is 6.61 Å². The summed E-state index contributed by atoms with van der Waals surface area (Å²) in [4.78, 5) is 21.1. The molecule has 0 aromatic carbocycles. The number of hydrogen-bond acceptors (Lipinski definition) is 6. The van der Waals surface area contributed by atoms with Gasteiger partial charge in [-0.15, -0.1) is 0 Å². The van der Waals surface area contributed by atoms with Gasteiger partial charge in [-0.2, -0.15) is 0 Å². The number of nitrogens with one attached hydrogen (secondary N) is 1. The predicted molar refractivity (Wildman–Crippen MR) is 86.4 cm³/mol. The highest BCUT2D eigenvalue weighted by Gasteiger charge is 2.00. The van der Waals surface area contributed by atoms with Crippen molar-refractivity contribution in [3.8, 4) is 0 Å². The van der Waals surface area contributed by atoms with Gasteiger partial charge in [-0.3, -0.25) is 0 Å². The molecular weight excluding hydrogens is 286 g/mol. The maximum Gasteiger partial charge on any atom is 0.333 e. The standard InChI is InChI=1S/C10H19NO2.C6H10O3/c1-4-5-6-11-7-8-13-10(12)9(2)3;1-2-6(8)9-5-3-4-7/h11H,2,4-8H2,1,3H3;2,7H,1,3-5H2. The Balaban J connectivity index is 0. The van der Waals surface area contributed by atoms with Gasteiger partial charge >= 0.3 is 11.9 Å². The molecule has 128 valence electrons. The van der Waals surface area contributed by atoms with Crippen LogP contribution in [0.15, 0.2) is 24.8 Å². The third-order valence-electron chi connectivity index (χ3n) is 2.28. The molecular formula is C16H29NO5. The normalized spacial score (nSPS) is 9.23. The van der Waals surface area contributed by atoms with E-state index < -0.39 is 5.97 Å². The van der Waals surface area contributed by atoms with Crippen LogP contribution in [-0.2, 0) is 19.1 Å². The molecule has 0 aliphatic carbocycles. The number of hydrogen-bond donors (Lipinski definition) is 2. The zero-order chi connectivity index (χ0) is 17.2. The van der Waals surface area contributed by atoms with Crippen molar-refractivity contribution in [2.24, 2.45) is 0 Å². The fourth-order valence-corrected chi connectivity index (χ4v) is 1.06. The van der Waals surface area contributed by atoms with Crippen LogP contribution >= 0.6 is 0 Å². The SMILES string of the molecule is C=C(C)C(=O)OCCNCCCC.C=CC(=O)OCCCO. The summed E-state index contributed by atoms with van der Waals surface area (Å²) in [5.41, 5.74) is 0.452. The number of rotatable bonds is 11. The molecule has 0 spiro atoms. The van der Waals surface area contributed by atoms with E-state index in [1.807, 2.05) is 0 Å². The topological polar surface area (TPSA) is 84.9 Å². The summed E-state index contributed by atoms with van der Waals surface area (Å²) in [6.07, 6.45) is 3.92. The largest absolute Gasteiger partial charge is 0.462 e. The van der Waals surface area contributed by atoms with Gasteiger partial charge in [0.25, 0.3) is 0 Å². The maximum atomic E-state index is 10.9. The Bertz CT molecular complexity index is 328. The summed E-state index contributed by atoms with van der Waals surface area (Å²) in [5.74, 6) is -0.749. The number of esters is 2. The van der Waals surface area contributed by atoms with Gasteiger partial charge in [0, 0.05) is 31.2 Å². The molecule has 0 radical (unpaired) electrons. The van der Waals surface area contributed by atoms with E-state index in [9.17, 15) is 9.59 Å². The number of aliphatic hydroxyl groups excluding tert-OH is 1. The van der Waals surface area contributed by atoms with E-state index in [-0.39, 0.29) is 19.2 Å². The van der Waals surface area contributed by atoms with E-state index in [0.717, 1.165) is 25.6 Å². The molecule has 0 aromatic heterocycles. The Kier molecular flexibility index (Phi) is 17.9. The van der Waals surface area contributed by atoms with Crippen molar-refractivity contribution < 1.29 is 24.2 Å². The van der Waals surface area contributed by atoms with Crippen molar-refractivity contribution in [3.63, 3.8) is 0 Å². The van der Waals surface area contributed by atoms with Crippen molar-refractivity contribution in [2.45, 2.75) is 33.1 Å². The third-order valence-corrected chi connectivity index (χ3v) is 2.28. The fraction of sp³-hybridized carbons (Fsp3) is 0.625. The minimum atomic E-state index is -0.441. The van der Waals surface area contributed by atoms with Crippen LogP contribution in [0.2, 0.25) is 0 Å². The predicted octanol–water partition coefficient (Wildman–Crippen LogP) is 1.59. The first-order chi connectivity index (χ1) is 10.5. The van der Waals surface area contributed by atoms with Crippen LogP contribution in [0.4, 0.5) is 0 Å². The second-order valence-corrected chi connectivity index (χ2v) is 4.47. The first kappa shape index (κ1) is 22.6. The lowest BCUT2D eigenvalue weighted by Gasteiger charge is -2.05. The number of carbonyl (C=O) groups is 2. The first-order valence-electron chi connectivity index (χ1n) is 7.42. The van der Waals surface area contributed by atoms with Gasteiger partial charge < -0.3 is 19.9 Å². The van der Waals surface area contributed by atoms with Gasteiger partial charge in [-0.1, -0.05) is 26.5 Å². The Morgan fingerprint density at radius 2 is 1.86 bits per heavy atom. The van der Waals surface area contributed by atoms with E-state index in [4.69, 9.17) is 9.84 Å². The van der Waals surface area contributed by atoms with Crippen LogP contribution in [0, 0.1) is 0 Å². The quantitative estimate of drug-likeness (QED) is 0.342. The average Bonchev–Trinajstić information content (AvgIpc) is 2.51. The Hall–Kier alpha value is -1.66. The average molecular weight is 315 g/mol. The van der Waals surface area contributed by atoms with Crippen LogP contribution in [0.3, 0.4) is 0 Å². The number of unbranched alkanes of at least 4 members (excludes halogenated alkanes) is 1. The molecule has 0 amide bonds. The van der Waals surface area contributed by atoms with Crippen LogP contribution in [-0.4, -0.2) is 50.0 Å². The van der Waals surface area contributed by atoms with Crippen molar-refractivity contribution in [1.82, 2.24) is 5.32 Å². The molecule has 0 unspecified atom stereocenters. The Morgan fingerprint density at radius 1 is 1.18 bits per heavy atom. The van der Waals surface area contributed by atoms with Gasteiger partial charge in [-0.05, 0) is 19.9 Å². The lowest BCUT2D eigenvalue weighted by molar-refractivity contribution is -0.139. The van der Waals surface area contributed by atoms with E-state index in [1.54, 1.807) is 6.92 Å². The molecule has 0 aliphatic rings. The molecule has 0 saturated heterocycles.